The first-order valence-corrected chi connectivity index (χ1v) is 11.5. The van der Waals surface area contributed by atoms with Gasteiger partial charge in [0.1, 0.15) is 10.9 Å². The number of hydrogen-bond donors (Lipinski definition) is 1. The fourth-order valence-corrected chi connectivity index (χ4v) is 6.46. The maximum absolute atomic E-state index is 12.8. The second-order valence-corrected chi connectivity index (χ2v) is 9.58. The average molecular weight is 417 g/mol. The number of fused-ring (bicyclic) bond motifs is 1. The van der Waals surface area contributed by atoms with E-state index in [-0.39, 0.29) is 24.5 Å². The quantitative estimate of drug-likeness (QED) is 0.747. The summed E-state index contributed by atoms with van der Waals surface area (Å²) in [5.74, 6) is 0.160. The third kappa shape index (κ3) is 3.89. The van der Waals surface area contributed by atoms with Crippen molar-refractivity contribution in [2.24, 2.45) is 5.92 Å². The maximum atomic E-state index is 12.8. The molecule has 1 aromatic carbocycles. The Morgan fingerprint density at radius 2 is 2.00 bits per heavy atom. The molecule has 1 aliphatic carbocycles. The van der Waals surface area contributed by atoms with Crippen molar-refractivity contribution in [2.45, 2.75) is 62.4 Å². The third-order valence-corrected chi connectivity index (χ3v) is 8.02. The molecule has 0 spiro atoms. The van der Waals surface area contributed by atoms with Crippen LogP contribution in [0.15, 0.2) is 30.3 Å². The number of carbonyl (C=O) groups excluding carboxylic acids is 3. The van der Waals surface area contributed by atoms with Crippen LogP contribution < -0.4 is 5.32 Å². The molecule has 7 heteroatoms. The summed E-state index contributed by atoms with van der Waals surface area (Å²) in [5, 5.41) is 3.00. The number of benzene rings is 1. The van der Waals surface area contributed by atoms with Crippen LogP contribution in [0.25, 0.3) is 0 Å². The topological polar surface area (TPSA) is 75.7 Å². The summed E-state index contributed by atoms with van der Waals surface area (Å²) >= 11 is 1.62. The van der Waals surface area contributed by atoms with Gasteiger partial charge in [-0.05, 0) is 30.7 Å². The summed E-state index contributed by atoms with van der Waals surface area (Å²) in [5.41, 5.74) is 1.04. The minimum atomic E-state index is -0.642. The largest absolute Gasteiger partial charge is 0.454 e. The number of amides is 2. The predicted octanol–water partition coefficient (Wildman–Crippen LogP) is 2.82. The summed E-state index contributed by atoms with van der Waals surface area (Å²) in [6.45, 7) is 1.86. The van der Waals surface area contributed by atoms with Crippen LogP contribution in [-0.2, 0) is 24.0 Å². The summed E-state index contributed by atoms with van der Waals surface area (Å²) in [6.07, 6.45) is 5.52. The van der Waals surface area contributed by atoms with E-state index in [1.807, 2.05) is 30.3 Å². The summed E-state index contributed by atoms with van der Waals surface area (Å²) < 4.78 is 5.34. The van der Waals surface area contributed by atoms with Crippen molar-refractivity contribution in [3.8, 4) is 0 Å². The summed E-state index contributed by atoms with van der Waals surface area (Å²) in [7, 11) is 0. The van der Waals surface area contributed by atoms with Gasteiger partial charge in [-0.15, -0.1) is 11.8 Å². The number of rotatable bonds is 5. The van der Waals surface area contributed by atoms with Gasteiger partial charge in [-0.2, -0.15) is 0 Å². The van der Waals surface area contributed by atoms with Crippen LogP contribution in [0.1, 0.15) is 51.0 Å². The van der Waals surface area contributed by atoms with E-state index >= 15 is 0 Å². The Balaban J connectivity index is 1.38. The second kappa shape index (κ2) is 8.38. The Labute approximate surface area is 175 Å². The lowest BCUT2D eigenvalue weighted by Gasteiger charge is -2.33. The Bertz CT molecular complexity index is 786. The summed E-state index contributed by atoms with van der Waals surface area (Å²) in [6, 6.07) is 9.37. The zero-order chi connectivity index (χ0) is 20.4. The van der Waals surface area contributed by atoms with E-state index in [1.54, 1.807) is 16.7 Å². The molecule has 1 aromatic rings. The van der Waals surface area contributed by atoms with Gasteiger partial charge in [-0.25, -0.2) is 4.79 Å². The van der Waals surface area contributed by atoms with Crippen molar-refractivity contribution < 1.29 is 19.1 Å². The van der Waals surface area contributed by atoms with Gasteiger partial charge in [-0.3, -0.25) is 9.59 Å². The third-order valence-electron chi connectivity index (χ3n) is 6.43. The Kier molecular flexibility index (Phi) is 5.86. The van der Waals surface area contributed by atoms with Crippen molar-refractivity contribution in [1.82, 2.24) is 10.2 Å². The van der Waals surface area contributed by atoms with E-state index in [1.165, 1.54) is 6.42 Å². The molecular weight excluding hydrogens is 388 g/mol. The average Bonchev–Trinajstić information content (AvgIpc) is 3.28. The van der Waals surface area contributed by atoms with E-state index in [0.717, 1.165) is 24.8 Å². The fraction of sp³-hybridized carbons (Fsp3) is 0.591. The van der Waals surface area contributed by atoms with Crippen molar-refractivity contribution in [1.29, 1.82) is 0 Å². The van der Waals surface area contributed by atoms with Crippen LogP contribution >= 0.6 is 11.8 Å². The zero-order valence-corrected chi connectivity index (χ0v) is 17.6. The van der Waals surface area contributed by atoms with Crippen molar-refractivity contribution in [3.05, 3.63) is 35.9 Å². The molecule has 2 saturated heterocycles. The molecule has 29 heavy (non-hydrogen) atoms. The lowest BCUT2D eigenvalue weighted by molar-refractivity contribution is -0.156. The van der Waals surface area contributed by atoms with Crippen molar-refractivity contribution in [2.75, 3.05) is 12.4 Å². The Morgan fingerprint density at radius 1 is 1.24 bits per heavy atom. The van der Waals surface area contributed by atoms with E-state index in [9.17, 15) is 14.4 Å². The maximum Gasteiger partial charge on any atom is 0.330 e. The van der Waals surface area contributed by atoms with Gasteiger partial charge in [0.05, 0.1) is 0 Å². The molecule has 2 heterocycles. The number of ether oxygens (including phenoxy) is 1. The summed E-state index contributed by atoms with van der Waals surface area (Å²) in [4.78, 5) is 38.8. The Morgan fingerprint density at radius 3 is 2.76 bits per heavy atom. The molecule has 0 bridgehead atoms. The highest BCUT2D eigenvalue weighted by atomic mass is 32.2. The molecular formula is C22H28N2O4S. The van der Waals surface area contributed by atoms with Gasteiger partial charge < -0.3 is 15.0 Å². The lowest BCUT2D eigenvalue weighted by Crippen LogP contribution is -2.48. The van der Waals surface area contributed by atoms with E-state index in [0.29, 0.717) is 24.5 Å². The molecule has 1 saturated carbocycles. The molecule has 0 radical (unpaired) electrons. The predicted molar refractivity (Wildman–Crippen MR) is 111 cm³/mol. The van der Waals surface area contributed by atoms with E-state index in [4.69, 9.17) is 4.74 Å². The first kappa shape index (κ1) is 20.3. The molecule has 2 amide bonds. The molecule has 2 aliphatic heterocycles. The highest BCUT2D eigenvalue weighted by molar-refractivity contribution is 8.00. The highest BCUT2D eigenvalue weighted by Gasteiger charge is 2.57. The van der Waals surface area contributed by atoms with Gasteiger partial charge in [0, 0.05) is 18.2 Å². The van der Waals surface area contributed by atoms with Gasteiger partial charge in [0.25, 0.3) is 5.91 Å². The fourth-order valence-electron chi connectivity index (χ4n) is 4.83. The molecule has 4 rings (SSSR count). The standard InChI is InChI=1S/C22H28N2O4S/c1-15-7-5-6-10-17(15)23-19(25)13-28-21(27)18-14-29-22(12-11-20(26)24(18)22)16-8-3-2-4-9-16/h2-4,8-9,15,17-18H,5-7,10-14H2,1H3,(H,23,25)/t15-,17+,18-,22+/m0/s1. The number of nitrogens with zero attached hydrogens (tertiary/aromatic N) is 1. The molecule has 0 aromatic heterocycles. The van der Waals surface area contributed by atoms with Gasteiger partial charge in [0.15, 0.2) is 6.61 Å². The van der Waals surface area contributed by atoms with Gasteiger partial charge in [0.2, 0.25) is 5.91 Å². The smallest absolute Gasteiger partial charge is 0.330 e. The van der Waals surface area contributed by atoms with Crippen LogP contribution in [0.5, 0.6) is 0 Å². The number of thioether (sulfide) groups is 1. The Hall–Kier alpha value is -2.02. The number of nitrogens with one attached hydrogen (secondary N) is 1. The molecule has 156 valence electrons. The minimum absolute atomic E-state index is 0.0266. The van der Waals surface area contributed by atoms with Crippen molar-refractivity contribution >= 4 is 29.5 Å². The van der Waals surface area contributed by atoms with Crippen LogP contribution in [0.4, 0.5) is 0 Å². The van der Waals surface area contributed by atoms with E-state index in [2.05, 4.69) is 12.2 Å². The molecule has 4 atom stereocenters. The molecule has 6 nitrogen and oxygen atoms in total. The highest BCUT2D eigenvalue weighted by Crippen LogP contribution is 2.54. The molecule has 0 unspecified atom stereocenters. The second-order valence-electron chi connectivity index (χ2n) is 8.28. The van der Waals surface area contributed by atoms with E-state index < -0.39 is 16.9 Å². The van der Waals surface area contributed by atoms with Crippen LogP contribution in [0, 0.1) is 5.92 Å². The molecule has 1 N–H and O–H groups in total. The van der Waals surface area contributed by atoms with Crippen LogP contribution in [-0.4, -0.2) is 47.1 Å². The zero-order valence-electron chi connectivity index (χ0n) is 16.8. The number of carbonyl (C=O) groups is 3. The number of esters is 1. The first-order valence-electron chi connectivity index (χ1n) is 10.5. The van der Waals surface area contributed by atoms with Crippen molar-refractivity contribution in [3.63, 3.8) is 0 Å². The first-order chi connectivity index (χ1) is 14.0. The minimum Gasteiger partial charge on any atom is -0.454 e. The van der Waals surface area contributed by atoms with Gasteiger partial charge in [-0.1, -0.05) is 50.1 Å². The molecule has 3 fully saturated rings. The van der Waals surface area contributed by atoms with Crippen LogP contribution in [0.2, 0.25) is 0 Å². The molecule has 3 aliphatic rings. The monoisotopic (exact) mass is 416 g/mol. The number of hydrogen-bond acceptors (Lipinski definition) is 5. The normalized spacial score (nSPS) is 31.4. The lowest BCUT2D eigenvalue weighted by atomic mass is 9.86. The SMILES string of the molecule is C[C@H]1CCCC[C@H]1NC(=O)COC(=O)[C@@H]1CS[C@@]2(c3ccccc3)CCC(=O)N12. The van der Waals surface area contributed by atoms with Crippen LogP contribution in [0.3, 0.4) is 0 Å². The van der Waals surface area contributed by atoms with Gasteiger partial charge >= 0.3 is 5.97 Å².